The van der Waals surface area contributed by atoms with E-state index >= 15 is 0 Å². The lowest BCUT2D eigenvalue weighted by Crippen LogP contribution is -2.36. The Labute approximate surface area is 117 Å². The first-order valence-electron chi connectivity index (χ1n) is 6.75. The molecule has 2 rings (SSSR count). The number of rotatable bonds is 4. The number of hydrogen-bond acceptors (Lipinski definition) is 4. The SMILES string of the molecule is CNC(=O)c1cc(N2CCCC(CC(=O)O)C2)ccn1. The van der Waals surface area contributed by atoms with E-state index in [1.807, 2.05) is 6.07 Å². The van der Waals surface area contributed by atoms with Crippen molar-refractivity contribution in [2.75, 3.05) is 25.0 Å². The van der Waals surface area contributed by atoms with Gasteiger partial charge in [0.15, 0.2) is 0 Å². The number of amides is 1. The molecule has 1 amide bonds. The summed E-state index contributed by atoms with van der Waals surface area (Å²) in [6.07, 6.45) is 3.72. The smallest absolute Gasteiger partial charge is 0.303 e. The lowest BCUT2D eigenvalue weighted by atomic mass is 9.94. The van der Waals surface area contributed by atoms with Crippen molar-refractivity contribution in [1.29, 1.82) is 0 Å². The molecule has 1 aromatic heterocycles. The number of carbonyl (C=O) groups excluding carboxylic acids is 1. The van der Waals surface area contributed by atoms with Crippen LogP contribution in [0.15, 0.2) is 18.3 Å². The van der Waals surface area contributed by atoms with Gasteiger partial charge in [0.05, 0.1) is 0 Å². The number of pyridine rings is 1. The molecule has 2 N–H and O–H groups in total. The molecule has 6 heteroatoms. The van der Waals surface area contributed by atoms with E-state index in [1.54, 1.807) is 19.3 Å². The topological polar surface area (TPSA) is 82.5 Å². The molecule has 0 spiro atoms. The second-order valence-electron chi connectivity index (χ2n) is 5.03. The van der Waals surface area contributed by atoms with Gasteiger partial charge in [-0.2, -0.15) is 0 Å². The van der Waals surface area contributed by atoms with Crippen LogP contribution >= 0.6 is 0 Å². The Kier molecular flexibility index (Phi) is 4.55. The molecular weight excluding hydrogens is 258 g/mol. The highest BCUT2D eigenvalue weighted by atomic mass is 16.4. The van der Waals surface area contributed by atoms with Gasteiger partial charge in [-0.25, -0.2) is 0 Å². The number of nitrogens with zero attached hydrogens (tertiary/aromatic N) is 2. The Balaban J connectivity index is 2.10. The number of carboxylic acid groups (broad SMARTS) is 1. The molecule has 1 fully saturated rings. The molecule has 20 heavy (non-hydrogen) atoms. The lowest BCUT2D eigenvalue weighted by molar-refractivity contribution is -0.138. The van der Waals surface area contributed by atoms with Crippen LogP contribution < -0.4 is 10.2 Å². The Morgan fingerprint density at radius 2 is 2.35 bits per heavy atom. The quantitative estimate of drug-likeness (QED) is 0.862. The fourth-order valence-corrected chi connectivity index (χ4v) is 2.58. The minimum absolute atomic E-state index is 0.165. The molecule has 0 aliphatic carbocycles. The summed E-state index contributed by atoms with van der Waals surface area (Å²) in [6.45, 7) is 1.59. The van der Waals surface area contributed by atoms with Crippen molar-refractivity contribution in [3.05, 3.63) is 24.0 Å². The van der Waals surface area contributed by atoms with Crippen molar-refractivity contribution in [2.24, 2.45) is 5.92 Å². The van der Waals surface area contributed by atoms with Gasteiger partial charge in [-0.15, -0.1) is 0 Å². The Morgan fingerprint density at radius 1 is 1.55 bits per heavy atom. The van der Waals surface area contributed by atoms with Gasteiger partial charge in [-0.05, 0) is 30.9 Å². The zero-order valence-corrected chi connectivity index (χ0v) is 11.5. The largest absolute Gasteiger partial charge is 0.481 e. The molecule has 1 aliphatic rings. The predicted molar refractivity (Wildman–Crippen MR) is 74.8 cm³/mol. The van der Waals surface area contributed by atoms with Crippen molar-refractivity contribution < 1.29 is 14.7 Å². The van der Waals surface area contributed by atoms with Crippen molar-refractivity contribution in [3.8, 4) is 0 Å². The van der Waals surface area contributed by atoms with Crippen LogP contribution in [0.1, 0.15) is 29.8 Å². The van der Waals surface area contributed by atoms with E-state index in [4.69, 9.17) is 5.11 Å². The third kappa shape index (κ3) is 3.46. The molecule has 0 aromatic carbocycles. The Bertz CT molecular complexity index is 504. The zero-order valence-electron chi connectivity index (χ0n) is 11.5. The minimum atomic E-state index is -0.752. The van der Waals surface area contributed by atoms with E-state index in [9.17, 15) is 9.59 Å². The number of piperidine rings is 1. The average Bonchev–Trinajstić information content (AvgIpc) is 2.46. The first-order chi connectivity index (χ1) is 9.60. The first-order valence-corrected chi connectivity index (χ1v) is 6.75. The fourth-order valence-electron chi connectivity index (χ4n) is 2.58. The third-order valence-electron chi connectivity index (χ3n) is 3.55. The molecule has 2 heterocycles. The number of anilines is 1. The maximum atomic E-state index is 11.6. The van der Waals surface area contributed by atoms with Gasteiger partial charge in [0.2, 0.25) is 0 Å². The first kappa shape index (κ1) is 14.3. The number of aliphatic carboxylic acids is 1. The number of carboxylic acids is 1. The molecule has 1 atom stereocenters. The van der Waals surface area contributed by atoms with E-state index in [-0.39, 0.29) is 18.2 Å². The summed E-state index contributed by atoms with van der Waals surface area (Å²) in [4.78, 5) is 28.6. The van der Waals surface area contributed by atoms with Gasteiger partial charge in [-0.1, -0.05) is 0 Å². The van der Waals surface area contributed by atoms with Gasteiger partial charge in [-0.3, -0.25) is 14.6 Å². The van der Waals surface area contributed by atoms with Crippen molar-refractivity contribution in [3.63, 3.8) is 0 Å². The fraction of sp³-hybridized carbons (Fsp3) is 0.500. The maximum Gasteiger partial charge on any atom is 0.303 e. The lowest BCUT2D eigenvalue weighted by Gasteiger charge is -2.33. The molecule has 1 saturated heterocycles. The predicted octanol–water partition coefficient (Wildman–Crippen LogP) is 1.13. The summed E-state index contributed by atoms with van der Waals surface area (Å²) in [5.74, 6) is -0.804. The van der Waals surface area contributed by atoms with Crippen LogP contribution in [0, 0.1) is 5.92 Å². The number of hydrogen-bond donors (Lipinski definition) is 2. The van der Waals surface area contributed by atoms with E-state index in [1.165, 1.54) is 0 Å². The molecule has 1 aromatic rings. The molecular formula is C14H19N3O3. The molecule has 0 saturated carbocycles. The third-order valence-corrected chi connectivity index (χ3v) is 3.55. The van der Waals surface area contributed by atoms with Crippen LogP contribution in [0.5, 0.6) is 0 Å². The highest BCUT2D eigenvalue weighted by Crippen LogP contribution is 2.25. The van der Waals surface area contributed by atoms with Gasteiger partial charge in [0.25, 0.3) is 5.91 Å². The van der Waals surface area contributed by atoms with Crippen molar-refractivity contribution in [1.82, 2.24) is 10.3 Å². The number of nitrogens with one attached hydrogen (secondary N) is 1. The summed E-state index contributed by atoms with van der Waals surface area (Å²) in [7, 11) is 1.57. The summed E-state index contributed by atoms with van der Waals surface area (Å²) in [5.41, 5.74) is 1.30. The minimum Gasteiger partial charge on any atom is -0.481 e. The van der Waals surface area contributed by atoms with Crippen LogP contribution in [0.3, 0.4) is 0 Å². The van der Waals surface area contributed by atoms with Crippen molar-refractivity contribution >= 4 is 17.6 Å². The molecule has 0 radical (unpaired) electrons. The highest BCUT2D eigenvalue weighted by Gasteiger charge is 2.22. The van der Waals surface area contributed by atoms with Gasteiger partial charge >= 0.3 is 5.97 Å². The van der Waals surface area contributed by atoms with Crippen LogP contribution in [0.4, 0.5) is 5.69 Å². The molecule has 0 bridgehead atoms. The second kappa shape index (κ2) is 6.36. The summed E-state index contributed by atoms with van der Waals surface area (Å²) < 4.78 is 0. The van der Waals surface area contributed by atoms with Crippen LogP contribution in [0.25, 0.3) is 0 Å². The van der Waals surface area contributed by atoms with E-state index in [2.05, 4.69) is 15.2 Å². The summed E-state index contributed by atoms with van der Waals surface area (Å²) in [5, 5.41) is 11.4. The number of carbonyl (C=O) groups is 2. The summed E-state index contributed by atoms with van der Waals surface area (Å²) >= 11 is 0. The maximum absolute atomic E-state index is 11.6. The second-order valence-corrected chi connectivity index (χ2v) is 5.03. The van der Waals surface area contributed by atoms with Crippen molar-refractivity contribution in [2.45, 2.75) is 19.3 Å². The van der Waals surface area contributed by atoms with E-state index in [0.717, 1.165) is 25.1 Å². The monoisotopic (exact) mass is 277 g/mol. The molecule has 6 nitrogen and oxygen atoms in total. The highest BCUT2D eigenvalue weighted by molar-refractivity contribution is 5.92. The number of aromatic nitrogens is 1. The van der Waals surface area contributed by atoms with E-state index in [0.29, 0.717) is 12.2 Å². The van der Waals surface area contributed by atoms with E-state index < -0.39 is 5.97 Å². The standard InChI is InChI=1S/C14H19N3O3/c1-15-14(20)12-8-11(4-5-16-12)17-6-2-3-10(9-17)7-13(18)19/h4-5,8,10H,2-3,6-7,9H2,1H3,(H,15,20)(H,18,19). The van der Waals surface area contributed by atoms with Crippen LogP contribution in [-0.2, 0) is 4.79 Å². The zero-order chi connectivity index (χ0) is 14.5. The van der Waals surface area contributed by atoms with Gasteiger partial charge < -0.3 is 15.3 Å². The summed E-state index contributed by atoms with van der Waals surface area (Å²) in [6, 6.07) is 3.61. The van der Waals surface area contributed by atoms with Gasteiger partial charge in [0.1, 0.15) is 5.69 Å². The molecule has 1 unspecified atom stereocenters. The van der Waals surface area contributed by atoms with Gasteiger partial charge in [0, 0.05) is 38.4 Å². The van der Waals surface area contributed by atoms with Crippen LogP contribution in [-0.4, -0.2) is 42.1 Å². The molecule has 108 valence electrons. The average molecular weight is 277 g/mol. The Hall–Kier alpha value is -2.11. The van der Waals surface area contributed by atoms with Crippen LogP contribution in [0.2, 0.25) is 0 Å². The Morgan fingerprint density at radius 3 is 3.05 bits per heavy atom. The molecule has 1 aliphatic heterocycles. The normalized spacial score (nSPS) is 18.6.